The highest BCUT2D eigenvalue weighted by molar-refractivity contribution is 6.32. The highest BCUT2D eigenvalue weighted by atomic mass is 35.5. The predicted octanol–water partition coefficient (Wildman–Crippen LogP) is 3.04. The fourth-order valence-corrected chi connectivity index (χ4v) is 1.41. The molecule has 4 nitrogen and oxygen atoms in total. The van der Waals surface area contributed by atoms with Crippen LogP contribution in [0.4, 0.5) is 13.2 Å². The van der Waals surface area contributed by atoms with E-state index in [-0.39, 0.29) is 22.9 Å². The smallest absolute Gasteiger partial charge is 0.490 e. The first-order valence-electron chi connectivity index (χ1n) is 5.05. The number of carbonyl (C=O) groups excluding carboxylic acids is 1. The van der Waals surface area contributed by atoms with Crippen LogP contribution in [-0.4, -0.2) is 32.7 Å². The van der Waals surface area contributed by atoms with Gasteiger partial charge < -0.3 is 9.47 Å². The van der Waals surface area contributed by atoms with Crippen molar-refractivity contribution in [2.24, 2.45) is 0 Å². The van der Waals surface area contributed by atoms with E-state index < -0.39 is 18.9 Å². The predicted molar refractivity (Wildman–Crippen MR) is 60.3 cm³/mol. The summed E-state index contributed by atoms with van der Waals surface area (Å²) < 4.78 is 48.1. The molecule has 1 aromatic rings. The summed E-state index contributed by atoms with van der Waals surface area (Å²) in [6.45, 7) is -0.977. The molecule has 0 spiro atoms. The SMILES string of the molecule is COC(=O)c1ccc(OCCOC(F)(F)F)c(Cl)c1. The molecule has 0 unspecified atom stereocenters. The number of hydrogen-bond acceptors (Lipinski definition) is 4. The molecule has 0 saturated heterocycles. The van der Waals surface area contributed by atoms with Crippen molar-refractivity contribution >= 4 is 17.6 Å². The second kappa shape index (κ2) is 6.63. The van der Waals surface area contributed by atoms with E-state index in [2.05, 4.69) is 9.47 Å². The molecule has 1 aromatic carbocycles. The average molecular weight is 299 g/mol. The molecule has 0 bridgehead atoms. The van der Waals surface area contributed by atoms with Crippen LogP contribution in [0, 0.1) is 0 Å². The summed E-state index contributed by atoms with van der Waals surface area (Å²) >= 11 is 5.80. The maximum Gasteiger partial charge on any atom is 0.522 e. The van der Waals surface area contributed by atoms with Gasteiger partial charge in [-0.1, -0.05) is 11.6 Å². The van der Waals surface area contributed by atoms with Crippen LogP contribution >= 0.6 is 11.6 Å². The minimum absolute atomic E-state index is 0.0925. The second-order valence-electron chi connectivity index (χ2n) is 3.28. The average Bonchev–Trinajstić information content (AvgIpc) is 2.33. The molecule has 0 aliphatic rings. The molecule has 0 saturated carbocycles. The van der Waals surface area contributed by atoms with Crippen molar-refractivity contribution in [1.82, 2.24) is 0 Å². The third-order valence-corrected chi connectivity index (χ3v) is 2.25. The van der Waals surface area contributed by atoms with Crippen molar-refractivity contribution < 1.29 is 32.2 Å². The largest absolute Gasteiger partial charge is 0.522 e. The van der Waals surface area contributed by atoms with E-state index in [1.807, 2.05) is 0 Å². The highest BCUT2D eigenvalue weighted by Gasteiger charge is 2.28. The van der Waals surface area contributed by atoms with Crippen LogP contribution in [0.5, 0.6) is 5.75 Å². The number of hydrogen-bond donors (Lipinski definition) is 0. The third kappa shape index (κ3) is 5.35. The van der Waals surface area contributed by atoms with Gasteiger partial charge in [-0.2, -0.15) is 0 Å². The molecule has 19 heavy (non-hydrogen) atoms. The number of benzene rings is 1. The molecule has 8 heteroatoms. The summed E-state index contributed by atoms with van der Waals surface area (Å²) in [5.41, 5.74) is 0.214. The molecular weight excluding hydrogens is 289 g/mol. The minimum atomic E-state index is -4.69. The lowest BCUT2D eigenvalue weighted by molar-refractivity contribution is -0.325. The van der Waals surface area contributed by atoms with Gasteiger partial charge in [0.1, 0.15) is 12.4 Å². The van der Waals surface area contributed by atoms with Crippen molar-refractivity contribution in [2.45, 2.75) is 6.36 Å². The molecule has 1 rings (SSSR count). The zero-order chi connectivity index (χ0) is 14.5. The lowest BCUT2D eigenvalue weighted by Gasteiger charge is -2.10. The van der Waals surface area contributed by atoms with Gasteiger partial charge in [-0.15, -0.1) is 13.2 Å². The third-order valence-electron chi connectivity index (χ3n) is 1.96. The van der Waals surface area contributed by atoms with Crippen LogP contribution in [0.2, 0.25) is 5.02 Å². The van der Waals surface area contributed by atoms with E-state index in [9.17, 15) is 18.0 Å². The Morgan fingerprint density at radius 1 is 1.32 bits per heavy atom. The molecule has 0 atom stereocenters. The van der Waals surface area contributed by atoms with E-state index in [0.29, 0.717) is 0 Å². The maximum atomic E-state index is 11.7. The summed E-state index contributed by atoms with van der Waals surface area (Å²) in [5.74, 6) is -0.422. The summed E-state index contributed by atoms with van der Waals surface area (Å²) in [7, 11) is 1.22. The number of alkyl halides is 3. The Kier molecular flexibility index (Phi) is 5.44. The molecular formula is C11H10ClF3O4. The summed E-state index contributed by atoms with van der Waals surface area (Å²) in [5, 5.41) is 0.0925. The summed E-state index contributed by atoms with van der Waals surface area (Å²) in [4.78, 5) is 11.2. The molecule has 0 aromatic heterocycles. The number of methoxy groups -OCH3 is 1. The number of rotatable bonds is 5. The van der Waals surface area contributed by atoms with Gasteiger partial charge in [-0.05, 0) is 18.2 Å². The fraction of sp³-hybridized carbons (Fsp3) is 0.364. The second-order valence-corrected chi connectivity index (χ2v) is 3.69. The highest BCUT2D eigenvalue weighted by Crippen LogP contribution is 2.26. The normalized spacial score (nSPS) is 11.2. The van der Waals surface area contributed by atoms with Crippen LogP contribution in [0.3, 0.4) is 0 Å². The van der Waals surface area contributed by atoms with Crippen LogP contribution in [-0.2, 0) is 9.47 Å². The van der Waals surface area contributed by atoms with Crippen LogP contribution in [0.25, 0.3) is 0 Å². The Morgan fingerprint density at radius 3 is 2.53 bits per heavy atom. The van der Waals surface area contributed by atoms with Crippen molar-refractivity contribution in [3.63, 3.8) is 0 Å². The van der Waals surface area contributed by atoms with Crippen molar-refractivity contribution in [2.75, 3.05) is 20.3 Å². The Bertz CT molecular complexity index is 448. The number of ether oxygens (including phenoxy) is 3. The first kappa shape index (κ1) is 15.6. The number of carbonyl (C=O) groups is 1. The zero-order valence-electron chi connectivity index (χ0n) is 9.79. The molecule has 0 amide bonds. The van der Waals surface area contributed by atoms with Gasteiger partial charge in [0, 0.05) is 0 Å². The first-order valence-corrected chi connectivity index (χ1v) is 5.42. The van der Waals surface area contributed by atoms with Crippen molar-refractivity contribution in [1.29, 1.82) is 0 Å². The van der Waals surface area contributed by atoms with Gasteiger partial charge in [0.05, 0.1) is 24.3 Å². The topological polar surface area (TPSA) is 44.8 Å². The van der Waals surface area contributed by atoms with E-state index in [1.54, 1.807) is 0 Å². The van der Waals surface area contributed by atoms with Gasteiger partial charge in [0.25, 0.3) is 0 Å². The quantitative estimate of drug-likeness (QED) is 0.619. The Hall–Kier alpha value is -1.47. The molecule has 0 fully saturated rings. The monoisotopic (exact) mass is 298 g/mol. The molecule has 0 radical (unpaired) electrons. The first-order chi connectivity index (χ1) is 8.83. The maximum absolute atomic E-state index is 11.7. The van der Waals surface area contributed by atoms with Crippen LogP contribution in [0.1, 0.15) is 10.4 Å². The Morgan fingerprint density at radius 2 is 2.00 bits per heavy atom. The van der Waals surface area contributed by atoms with Crippen LogP contribution < -0.4 is 4.74 Å². The molecule has 0 aliphatic heterocycles. The molecule has 106 valence electrons. The Labute approximate surface area is 112 Å². The standard InChI is InChI=1S/C11H10ClF3O4/c1-17-10(16)7-2-3-9(8(12)6-7)18-4-5-19-11(13,14)15/h2-3,6H,4-5H2,1H3. The van der Waals surface area contributed by atoms with Gasteiger partial charge in [0.2, 0.25) is 0 Å². The van der Waals surface area contributed by atoms with E-state index in [0.717, 1.165) is 0 Å². The fourth-order valence-electron chi connectivity index (χ4n) is 1.17. The van der Waals surface area contributed by atoms with Gasteiger partial charge in [-0.3, -0.25) is 4.74 Å². The molecule has 0 N–H and O–H groups in total. The summed E-state index contributed by atoms with van der Waals surface area (Å²) in [6.07, 6.45) is -4.69. The minimum Gasteiger partial charge on any atom is -0.490 e. The Balaban J connectivity index is 2.54. The molecule has 0 aliphatic carbocycles. The van der Waals surface area contributed by atoms with E-state index >= 15 is 0 Å². The number of esters is 1. The van der Waals surface area contributed by atoms with Crippen molar-refractivity contribution in [3.05, 3.63) is 28.8 Å². The zero-order valence-corrected chi connectivity index (χ0v) is 10.5. The summed E-state index contributed by atoms with van der Waals surface area (Å²) in [6, 6.07) is 4.05. The lowest BCUT2D eigenvalue weighted by atomic mass is 10.2. The van der Waals surface area contributed by atoms with Gasteiger partial charge in [0.15, 0.2) is 0 Å². The van der Waals surface area contributed by atoms with E-state index in [4.69, 9.17) is 16.3 Å². The lowest BCUT2D eigenvalue weighted by Crippen LogP contribution is -2.18. The van der Waals surface area contributed by atoms with Gasteiger partial charge in [-0.25, -0.2) is 4.79 Å². The van der Waals surface area contributed by atoms with Crippen LogP contribution in [0.15, 0.2) is 18.2 Å². The van der Waals surface area contributed by atoms with E-state index in [1.165, 1.54) is 25.3 Å². The van der Waals surface area contributed by atoms with Gasteiger partial charge >= 0.3 is 12.3 Å². The van der Waals surface area contributed by atoms with Crippen molar-refractivity contribution in [3.8, 4) is 5.75 Å². The number of halogens is 4. The molecule has 0 heterocycles.